The van der Waals surface area contributed by atoms with Gasteiger partial charge in [-0.15, -0.1) is 0 Å². The summed E-state index contributed by atoms with van der Waals surface area (Å²) in [7, 11) is 0. The van der Waals surface area contributed by atoms with E-state index in [9.17, 15) is 9.59 Å². The first-order valence-corrected chi connectivity index (χ1v) is 12.1. The number of fused-ring (bicyclic) bond motifs is 2. The molecule has 36 heavy (non-hydrogen) atoms. The topological polar surface area (TPSA) is 101 Å². The summed E-state index contributed by atoms with van der Waals surface area (Å²) in [6, 6.07) is 20.2. The molecule has 2 unspecified atom stereocenters. The first-order valence-electron chi connectivity index (χ1n) is 12.1. The van der Waals surface area contributed by atoms with E-state index in [0.717, 1.165) is 24.2 Å². The second kappa shape index (κ2) is 10.4. The molecule has 5 rings (SSSR count). The maximum absolute atomic E-state index is 11.9. The van der Waals surface area contributed by atoms with E-state index in [1.165, 1.54) is 11.1 Å². The normalized spacial score (nSPS) is 18.3. The second-order valence-corrected chi connectivity index (χ2v) is 9.19. The Morgan fingerprint density at radius 1 is 0.639 bits per heavy atom. The predicted molar refractivity (Wildman–Crippen MR) is 138 cm³/mol. The van der Waals surface area contributed by atoms with E-state index in [0.29, 0.717) is 36.0 Å². The van der Waals surface area contributed by atoms with Gasteiger partial charge in [0.2, 0.25) is 0 Å². The zero-order chi connectivity index (χ0) is 25.1. The van der Waals surface area contributed by atoms with E-state index >= 15 is 0 Å². The summed E-state index contributed by atoms with van der Waals surface area (Å²) in [6.07, 6.45) is -0.940. The maximum atomic E-state index is 11.9. The fraction of sp³-hybridized carbons (Fsp3) is 0.286. The molecule has 0 aromatic heterocycles. The van der Waals surface area contributed by atoms with Crippen molar-refractivity contribution in [3.05, 3.63) is 82.9 Å². The number of nitrogens with one attached hydrogen (secondary N) is 4. The molecular weight excluding hydrogens is 456 g/mol. The summed E-state index contributed by atoms with van der Waals surface area (Å²) in [4.78, 5) is 23.7. The van der Waals surface area contributed by atoms with Crippen molar-refractivity contribution in [1.82, 2.24) is 10.6 Å². The second-order valence-electron chi connectivity index (χ2n) is 9.19. The fourth-order valence-corrected chi connectivity index (χ4v) is 4.28. The Hall–Kier alpha value is -3.88. The third-order valence-corrected chi connectivity index (χ3v) is 6.26. The molecule has 0 bridgehead atoms. The molecule has 0 fully saturated rings. The van der Waals surface area contributed by atoms with Crippen molar-refractivity contribution < 1.29 is 19.1 Å². The number of hydrogen-bond acceptors (Lipinski definition) is 6. The van der Waals surface area contributed by atoms with Crippen LogP contribution in [0.2, 0.25) is 0 Å². The molecule has 4 N–H and O–H groups in total. The number of rotatable bonds is 8. The van der Waals surface area contributed by atoms with Gasteiger partial charge in [-0.2, -0.15) is 0 Å². The summed E-state index contributed by atoms with van der Waals surface area (Å²) in [5.74, 6) is 1.16. The highest BCUT2D eigenvalue weighted by atomic mass is 16.5. The molecule has 8 nitrogen and oxygen atoms in total. The molecule has 0 radical (unpaired) electrons. The molecule has 8 heteroatoms. The van der Waals surface area contributed by atoms with E-state index in [1.54, 1.807) is 13.8 Å². The number of benzene rings is 3. The molecular formula is C28H30N4O4. The van der Waals surface area contributed by atoms with E-state index in [1.807, 2.05) is 36.4 Å². The molecule has 2 aliphatic heterocycles. The average Bonchev–Trinajstić information content (AvgIpc) is 2.86. The largest absolute Gasteiger partial charge is 0.479 e. The lowest BCUT2D eigenvalue weighted by Crippen LogP contribution is -2.34. The van der Waals surface area contributed by atoms with Crippen LogP contribution in [0.15, 0.2) is 60.7 Å². The first kappa shape index (κ1) is 23.8. The van der Waals surface area contributed by atoms with Gasteiger partial charge in [0.25, 0.3) is 11.8 Å². The van der Waals surface area contributed by atoms with Crippen molar-refractivity contribution >= 4 is 23.2 Å². The van der Waals surface area contributed by atoms with Crippen LogP contribution in [-0.4, -0.2) is 24.0 Å². The summed E-state index contributed by atoms with van der Waals surface area (Å²) in [5, 5.41) is 12.7. The van der Waals surface area contributed by atoms with Gasteiger partial charge in [-0.3, -0.25) is 9.59 Å². The lowest BCUT2D eigenvalue weighted by atomic mass is 10.1. The van der Waals surface area contributed by atoms with Gasteiger partial charge in [0.15, 0.2) is 12.2 Å². The van der Waals surface area contributed by atoms with E-state index in [4.69, 9.17) is 9.47 Å². The van der Waals surface area contributed by atoms with E-state index < -0.39 is 12.2 Å². The Kier molecular flexibility index (Phi) is 6.88. The van der Waals surface area contributed by atoms with Gasteiger partial charge in [-0.1, -0.05) is 36.4 Å². The maximum Gasteiger partial charge on any atom is 0.265 e. The molecule has 0 spiro atoms. The van der Waals surface area contributed by atoms with Crippen molar-refractivity contribution in [3.8, 4) is 11.5 Å². The van der Waals surface area contributed by atoms with Crippen molar-refractivity contribution in [2.45, 2.75) is 52.2 Å². The molecule has 186 valence electrons. The Morgan fingerprint density at radius 3 is 1.50 bits per heavy atom. The van der Waals surface area contributed by atoms with Crippen LogP contribution in [0.4, 0.5) is 11.4 Å². The zero-order valence-corrected chi connectivity index (χ0v) is 20.4. The summed E-state index contributed by atoms with van der Waals surface area (Å²) in [5.41, 5.74) is 5.97. The van der Waals surface area contributed by atoms with Crippen LogP contribution in [-0.2, 0) is 35.8 Å². The van der Waals surface area contributed by atoms with Gasteiger partial charge >= 0.3 is 0 Å². The number of carbonyl (C=O) groups excluding carboxylic acids is 2. The van der Waals surface area contributed by atoms with Gasteiger partial charge in [0.05, 0.1) is 11.4 Å². The van der Waals surface area contributed by atoms with Crippen LogP contribution in [0, 0.1) is 0 Å². The van der Waals surface area contributed by atoms with E-state index in [-0.39, 0.29) is 11.8 Å². The quantitative estimate of drug-likeness (QED) is 0.387. The third-order valence-electron chi connectivity index (χ3n) is 6.26. The van der Waals surface area contributed by atoms with Crippen molar-refractivity contribution in [2.75, 3.05) is 10.6 Å². The molecule has 2 aliphatic rings. The lowest BCUT2D eigenvalue weighted by Gasteiger charge is -2.23. The van der Waals surface area contributed by atoms with Crippen molar-refractivity contribution in [1.29, 1.82) is 0 Å². The minimum Gasteiger partial charge on any atom is -0.479 e. The zero-order valence-electron chi connectivity index (χ0n) is 20.4. The van der Waals surface area contributed by atoms with Crippen LogP contribution in [0.3, 0.4) is 0 Å². The summed E-state index contributed by atoms with van der Waals surface area (Å²) in [6.45, 7) is 6.29. The molecule has 0 saturated carbocycles. The molecule has 2 amide bonds. The number of amides is 2. The van der Waals surface area contributed by atoms with Gasteiger partial charge in [0.1, 0.15) is 11.5 Å². The van der Waals surface area contributed by atoms with Crippen LogP contribution >= 0.6 is 0 Å². The molecule has 2 heterocycles. The molecule has 3 aromatic carbocycles. The highest BCUT2D eigenvalue weighted by molar-refractivity contribution is 5.98. The first-order chi connectivity index (χ1) is 17.4. The number of ether oxygens (including phenoxy) is 2. The van der Waals surface area contributed by atoms with Crippen LogP contribution in [0.1, 0.15) is 36.1 Å². The Labute approximate surface area is 210 Å². The monoisotopic (exact) mass is 486 g/mol. The average molecular weight is 487 g/mol. The molecule has 0 saturated heterocycles. The Morgan fingerprint density at radius 2 is 1.06 bits per heavy atom. The van der Waals surface area contributed by atoms with Crippen molar-refractivity contribution in [2.24, 2.45) is 0 Å². The molecule has 2 atom stereocenters. The summed E-state index contributed by atoms with van der Waals surface area (Å²) < 4.78 is 11.2. The highest BCUT2D eigenvalue weighted by Crippen LogP contribution is 2.31. The number of anilines is 2. The van der Waals surface area contributed by atoms with Crippen LogP contribution in [0.5, 0.6) is 11.5 Å². The Balaban J connectivity index is 1.10. The molecule has 0 aliphatic carbocycles. The summed E-state index contributed by atoms with van der Waals surface area (Å²) >= 11 is 0. The highest BCUT2D eigenvalue weighted by Gasteiger charge is 2.24. The standard InChI is InChI=1S/C28H30N4O4/c1-17-27(33)31-23-11-21(6-8-25(23)35-17)15-29-13-19-4-3-5-20(10-19)14-30-16-22-7-9-26-24(12-22)32-28(34)18(2)36-26/h3-12,17-18,29-30H,13-16H2,1-2H3,(H,31,33)(H,32,34). The van der Waals surface area contributed by atoms with Crippen LogP contribution in [0.25, 0.3) is 0 Å². The third kappa shape index (κ3) is 5.50. The van der Waals surface area contributed by atoms with Gasteiger partial charge in [-0.05, 0) is 60.4 Å². The minimum atomic E-state index is -0.470. The van der Waals surface area contributed by atoms with Gasteiger partial charge in [-0.25, -0.2) is 0 Å². The number of carbonyl (C=O) groups is 2. The smallest absolute Gasteiger partial charge is 0.265 e. The SMILES string of the molecule is CC1Oc2ccc(CNCc3cccc(CNCc4ccc5c(c4)NC(=O)C(C)O5)c3)cc2NC1=O. The van der Waals surface area contributed by atoms with Crippen molar-refractivity contribution in [3.63, 3.8) is 0 Å². The lowest BCUT2D eigenvalue weighted by molar-refractivity contribution is -0.123. The van der Waals surface area contributed by atoms with Crippen LogP contribution < -0.4 is 30.7 Å². The Bertz CT molecular complexity index is 1200. The number of hydrogen-bond donors (Lipinski definition) is 4. The van der Waals surface area contributed by atoms with Gasteiger partial charge < -0.3 is 30.7 Å². The molecule has 3 aromatic rings. The van der Waals surface area contributed by atoms with E-state index in [2.05, 4.69) is 45.5 Å². The van der Waals surface area contributed by atoms with Gasteiger partial charge in [0, 0.05) is 26.2 Å². The fourth-order valence-electron chi connectivity index (χ4n) is 4.28. The predicted octanol–water partition coefficient (Wildman–Crippen LogP) is 3.71. The minimum absolute atomic E-state index is 0.125.